The monoisotopic (exact) mass is 495 g/mol. The number of pyridine rings is 1. The minimum atomic E-state index is -0.432. The molecule has 0 bridgehead atoms. The average molecular weight is 496 g/mol. The molecule has 9 nitrogen and oxygen atoms in total. The summed E-state index contributed by atoms with van der Waals surface area (Å²) in [7, 11) is 0. The molecule has 0 aliphatic carbocycles. The van der Waals surface area contributed by atoms with E-state index in [4.69, 9.17) is 4.74 Å². The number of amides is 1. The second-order valence-electron chi connectivity index (χ2n) is 9.50. The molecule has 1 saturated heterocycles. The highest BCUT2D eigenvalue weighted by molar-refractivity contribution is 5.95. The Bertz CT molecular complexity index is 1380. The standard InChI is InChI=1S/C28H29N7O2/c36-26(31-23-10-17-37-24-7-2-1-6-22(23)24)20-4-3-5-21(18-20)33-28(11-15-30-16-12-28)27-32-25(34-35-27)19-8-13-29-14-9-19/h1-9,13-14,18,23,30,33H,10-12,15-17H2,(H,31,36)(H,32,34,35)/t23-/m0/s1. The van der Waals surface area contributed by atoms with Crippen molar-refractivity contribution in [1.82, 2.24) is 30.8 Å². The smallest absolute Gasteiger partial charge is 0.251 e. The predicted molar refractivity (Wildman–Crippen MR) is 140 cm³/mol. The summed E-state index contributed by atoms with van der Waals surface area (Å²) in [5.41, 5.74) is 2.99. The van der Waals surface area contributed by atoms with Crippen LogP contribution in [0.2, 0.25) is 0 Å². The number of carbonyl (C=O) groups is 1. The Labute approximate surface area is 215 Å². The van der Waals surface area contributed by atoms with Crippen LogP contribution in [0.4, 0.5) is 5.69 Å². The molecule has 0 spiro atoms. The largest absolute Gasteiger partial charge is 0.493 e. The number of hydrogen-bond acceptors (Lipinski definition) is 7. The lowest BCUT2D eigenvalue weighted by Gasteiger charge is -2.37. The van der Waals surface area contributed by atoms with E-state index in [1.54, 1.807) is 12.4 Å². The SMILES string of the molecule is O=C(N[C@H]1CCOc2ccccc21)c1cccc(NC2(c3nnc(-c4ccncc4)[nH]3)CCNCC2)c1. The van der Waals surface area contributed by atoms with E-state index >= 15 is 0 Å². The van der Waals surface area contributed by atoms with Crippen molar-refractivity contribution in [3.05, 3.63) is 90.0 Å². The van der Waals surface area contributed by atoms with Gasteiger partial charge in [0.05, 0.1) is 18.2 Å². The number of anilines is 1. The average Bonchev–Trinajstić information content (AvgIpc) is 3.46. The van der Waals surface area contributed by atoms with E-state index in [9.17, 15) is 4.79 Å². The van der Waals surface area contributed by atoms with E-state index in [0.29, 0.717) is 18.0 Å². The molecule has 37 heavy (non-hydrogen) atoms. The van der Waals surface area contributed by atoms with Crippen LogP contribution >= 0.6 is 0 Å². The van der Waals surface area contributed by atoms with Crippen molar-refractivity contribution in [2.75, 3.05) is 25.0 Å². The molecule has 0 saturated carbocycles. The first kappa shape index (κ1) is 23.2. The number of nitrogens with one attached hydrogen (secondary N) is 4. The summed E-state index contributed by atoms with van der Waals surface area (Å²) < 4.78 is 5.74. The molecule has 0 unspecified atom stereocenters. The van der Waals surface area contributed by atoms with Crippen LogP contribution in [0, 0.1) is 0 Å². The number of H-pyrrole nitrogens is 1. The number of benzene rings is 2. The number of ether oxygens (including phenoxy) is 1. The molecular formula is C28H29N7O2. The van der Waals surface area contributed by atoms with Crippen molar-refractivity contribution in [2.45, 2.75) is 30.8 Å². The summed E-state index contributed by atoms with van der Waals surface area (Å²) in [5.74, 6) is 2.22. The first-order valence-electron chi connectivity index (χ1n) is 12.7. The lowest BCUT2D eigenvalue weighted by Crippen LogP contribution is -2.46. The van der Waals surface area contributed by atoms with Gasteiger partial charge in [-0.2, -0.15) is 0 Å². The fourth-order valence-corrected chi connectivity index (χ4v) is 5.14. The maximum Gasteiger partial charge on any atom is 0.251 e. The molecular weight excluding hydrogens is 466 g/mol. The van der Waals surface area contributed by atoms with Crippen molar-refractivity contribution < 1.29 is 9.53 Å². The topological polar surface area (TPSA) is 117 Å². The highest BCUT2D eigenvalue weighted by Crippen LogP contribution is 2.34. The fraction of sp³-hybridized carbons (Fsp3) is 0.286. The minimum Gasteiger partial charge on any atom is -0.493 e. The van der Waals surface area contributed by atoms with Gasteiger partial charge in [-0.1, -0.05) is 24.3 Å². The normalized spacial score (nSPS) is 18.3. The maximum absolute atomic E-state index is 13.3. The van der Waals surface area contributed by atoms with Gasteiger partial charge in [-0.05, 0) is 62.3 Å². The zero-order chi connectivity index (χ0) is 25.1. The van der Waals surface area contributed by atoms with Crippen molar-refractivity contribution in [1.29, 1.82) is 0 Å². The summed E-state index contributed by atoms with van der Waals surface area (Å²) in [6.07, 6.45) is 5.87. The third kappa shape index (κ3) is 4.77. The molecule has 1 amide bonds. The molecule has 1 fully saturated rings. The van der Waals surface area contributed by atoms with E-state index in [1.165, 1.54) is 0 Å². The van der Waals surface area contributed by atoms with Crippen LogP contribution in [0.15, 0.2) is 73.1 Å². The number of rotatable bonds is 6. The summed E-state index contributed by atoms with van der Waals surface area (Å²) >= 11 is 0. The quantitative estimate of drug-likeness (QED) is 0.321. The Kier molecular flexibility index (Phi) is 6.28. The summed E-state index contributed by atoms with van der Waals surface area (Å²) in [6, 6.07) is 19.3. The Balaban J connectivity index is 1.23. The molecule has 188 valence electrons. The highest BCUT2D eigenvalue weighted by Gasteiger charge is 2.37. The van der Waals surface area contributed by atoms with Crippen molar-refractivity contribution in [3.63, 3.8) is 0 Å². The number of nitrogens with zero attached hydrogens (tertiary/aromatic N) is 3. The zero-order valence-electron chi connectivity index (χ0n) is 20.4. The lowest BCUT2D eigenvalue weighted by molar-refractivity contribution is 0.0925. The Hall–Kier alpha value is -4.24. The van der Waals surface area contributed by atoms with Crippen molar-refractivity contribution in [2.24, 2.45) is 0 Å². The molecule has 1 atom stereocenters. The second-order valence-corrected chi connectivity index (χ2v) is 9.50. The molecule has 9 heteroatoms. The predicted octanol–water partition coefficient (Wildman–Crippen LogP) is 3.81. The molecule has 0 radical (unpaired) electrons. The number of aromatic nitrogens is 4. The van der Waals surface area contributed by atoms with Crippen LogP contribution in [0.1, 0.15) is 47.1 Å². The maximum atomic E-state index is 13.3. The molecule has 2 aliphatic heterocycles. The van der Waals surface area contributed by atoms with Gasteiger partial charge in [-0.3, -0.25) is 9.78 Å². The molecule has 4 heterocycles. The van der Waals surface area contributed by atoms with Crippen LogP contribution in [0.5, 0.6) is 5.75 Å². The van der Waals surface area contributed by atoms with E-state index in [-0.39, 0.29) is 11.9 Å². The summed E-state index contributed by atoms with van der Waals surface area (Å²) in [6.45, 7) is 2.28. The van der Waals surface area contributed by atoms with Gasteiger partial charge in [0.1, 0.15) is 5.75 Å². The van der Waals surface area contributed by atoms with Gasteiger partial charge in [0.15, 0.2) is 11.6 Å². The first-order valence-corrected chi connectivity index (χ1v) is 12.7. The third-order valence-corrected chi connectivity index (χ3v) is 7.12. The second kappa shape index (κ2) is 10.0. The van der Waals surface area contributed by atoms with Crippen LogP contribution in [-0.2, 0) is 5.54 Å². The zero-order valence-corrected chi connectivity index (χ0v) is 20.4. The minimum absolute atomic E-state index is 0.0781. The Morgan fingerprint density at radius 1 is 1.00 bits per heavy atom. The molecule has 4 N–H and O–H groups in total. The Morgan fingerprint density at radius 2 is 1.84 bits per heavy atom. The van der Waals surface area contributed by atoms with Crippen LogP contribution in [0.25, 0.3) is 11.4 Å². The number of carbonyl (C=O) groups excluding carboxylic acids is 1. The summed E-state index contributed by atoms with van der Waals surface area (Å²) in [4.78, 5) is 20.8. The van der Waals surface area contributed by atoms with Crippen LogP contribution in [-0.4, -0.2) is 45.8 Å². The van der Waals surface area contributed by atoms with Crippen molar-refractivity contribution in [3.8, 4) is 17.1 Å². The van der Waals surface area contributed by atoms with E-state index in [2.05, 4.69) is 36.1 Å². The number of aromatic amines is 1. The molecule has 2 aromatic heterocycles. The van der Waals surface area contributed by atoms with Crippen LogP contribution in [0.3, 0.4) is 0 Å². The molecule has 2 aliphatic rings. The van der Waals surface area contributed by atoms with E-state index in [0.717, 1.165) is 60.7 Å². The Morgan fingerprint density at radius 3 is 2.70 bits per heavy atom. The summed E-state index contributed by atoms with van der Waals surface area (Å²) in [5, 5.41) is 19.3. The van der Waals surface area contributed by atoms with Gasteiger partial charge in [-0.25, -0.2) is 0 Å². The van der Waals surface area contributed by atoms with Gasteiger partial charge in [0, 0.05) is 41.2 Å². The fourth-order valence-electron chi connectivity index (χ4n) is 5.14. The third-order valence-electron chi connectivity index (χ3n) is 7.12. The van der Waals surface area contributed by atoms with Gasteiger partial charge in [0.2, 0.25) is 0 Å². The number of hydrogen-bond donors (Lipinski definition) is 4. The van der Waals surface area contributed by atoms with E-state index < -0.39 is 5.54 Å². The molecule has 2 aromatic carbocycles. The van der Waals surface area contributed by atoms with Gasteiger partial charge < -0.3 is 25.7 Å². The number of para-hydroxylation sites is 1. The highest BCUT2D eigenvalue weighted by atomic mass is 16.5. The van der Waals surface area contributed by atoms with Gasteiger partial charge in [-0.15, -0.1) is 10.2 Å². The number of fused-ring (bicyclic) bond motifs is 1. The molecule has 6 rings (SSSR count). The van der Waals surface area contributed by atoms with Crippen LogP contribution < -0.4 is 20.7 Å². The van der Waals surface area contributed by atoms with Gasteiger partial charge in [0.25, 0.3) is 5.91 Å². The number of piperidine rings is 1. The first-order chi connectivity index (χ1) is 18.2. The van der Waals surface area contributed by atoms with E-state index in [1.807, 2.05) is 60.7 Å². The molecule has 4 aromatic rings. The lowest BCUT2D eigenvalue weighted by atomic mass is 9.87. The van der Waals surface area contributed by atoms with Crippen molar-refractivity contribution >= 4 is 11.6 Å². The van der Waals surface area contributed by atoms with Gasteiger partial charge >= 0.3 is 0 Å².